The predicted molar refractivity (Wildman–Crippen MR) is 63.6 cm³/mol. The van der Waals surface area contributed by atoms with Gasteiger partial charge in [-0.15, -0.1) is 0 Å². The van der Waals surface area contributed by atoms with Gasteiger partial charge in [-0.2, -0.15) is 0 Å². The summed E-state index contributed by atoms with van der Waals surface area (Å²) in [4.78, 5) is 0. The van der Waals surface area contributed by atoms with Crippen molar-refractivity contribution in [2.24, 2.45) is 0 Å². The topological polar surface area (TPSA) is 12.0 Å². The van der Waals surface area contributed by atoms with Crippen molar-refractivity contribution < 1.29 is 17.6 Å². The maximum Gasteiger partial charge on any atom is 0.161 e. The van der Waals surface area contributed by atoms with Crippen LogP contribution >= 0.6 is 0 Å². The highest BCUT2D eigenvalue weighted by atomic mass is 19.2. The first kappa shape index (κ1) is 13.5. The second-order valence-corrected chi connectivity index (χ2v) is 4.06. The molecule has 2 rings (SSSR count). The van der Waals surface area contributed by atoms with Crippen molar-refractivity contribution in [1.82, 2.24) is 5.32 Å². The minimum absolute atomic E-state index is 0.0769. The van der Waals surface area contributed by atoms with Gasteiger partial charge in [0.15, 0.2) is 11.6 Å². The van der Waals surface area contributed by atoms with E-state index in [0.29, 0.717) is 11.6 Å². The summed E-state index contributed by atoms with van der Waals surface area (Å²) in [6, 6.07) is 5.99. The monoisotopic (exact) mass is 269 g/mol. The lowest BCUT2D eigenvalue weighted by molar-refractivity contribution is 0.483. The molecule has 1 unspecified atom stereocenters. The van der Waals surface area contributed by atoms with Crippen LogP contribution in [0.3, 0.4) is 0 Å². The van der Waals surface area contributed by atoms with E-state index in [0.717, 1.165) is 6.07 Å². The zero-order valence-electron chi connectivity index (χ0n) is 10.1. The third-order valence-electron chi connectivity index (χ3n) is 2.82. The van der Waals surface area contributed by atoms with Gasteiger partial charge in [-0.1, -0.05) is 12.1 Å². The van der Waals surface area contributed by atoms with Crippen LogP contribution in [-0.4, -0.2) is 7.05 Å². The molecule has 0 bridgehead atoms. The van der Waals surface area contributed by atoms with Crippen molar-refractivity contribution in [3.8, 4) is 0 Å². The summed E-state index contributed by atoms with van der Waals surface area (Å²) in [6.45, 7) is 0. The Labute approximate surface area is 107 Å². The minimum Gasteiger partial charge on any atom is -0.309 e. The molecule has 0 radical (unpaired) electrons. The Bertz CT molecular complexity index is 598. The first-order chi connectivity index (χ1) is 9.02. The molecule has 0 saturated carbocycles. The van der Waals surface area contributed by atoms with Gasteiger partial charge in [-0.25, -0.2) is 17.6 Å². The van der Waals surface area contributed by atoms with Crippen LogP contribution in [0.2, 0.25) is 0 Å². The molecule has 5 heteroatoms. The summed E-state index contributed by atoms with van der Waals surface area (Å²) < 4.78 is 53.0. The summed E-state index contributed by atoms with van der Waals surface area (Å²) in [6.07, 6.45) is 0. The van der Waals surface area contributed by atoms with Crippen LogP contribution in [0.15, 0.2) is 36.4 Å². The van der Waals surface area contributed by atoms with Crippen LogP contribution in [0.25, 0.3) is 0 Å². The lowest BCUT2D eigenvalue weighted by Gasteiger charge is -2.18. The Morgan fingerprint density at radius 2 is 1.58 bits per heavy atom. The van der Waals surface area contributed by atoms with E-state index in [2.05, 4.69) is 5.32 Å². The van der Waals surface area contributed by atoms with Gasteiger partial charge in [0.05, 0.1) is 6.04 Å². The summed E-state index contributed by atoms with van der Waals surface area (Å²) in [5.41, 5.74) is 0.347. The summed E-state index contributed by atoms with van der Waals surface area (Å²) >= 11 is 0. The molecule has 2 aromatic carbocycles. The molecule has 0 saturated heterocycles. The molecule has 0 fully saturated rings. The molecule has 0 aliphatic carbocycles. The zero-order chi connectivity index (χ0) is 14.0. The molecule has 0 aliphatic heterocycles. The Morgan fingerprint density at radius 3 is 2.21 bits per heavy atom. The molecule has 1 atom stereocenters. The van der Waals surface area contributed by atoms with E-state index in [1.54, 1.807) is 6.07 Å². The number of benzene rings is 2. The van der Waals surface area contributed by atoms with Gasteiger partial charge in [0.1, 0.15) is 11.6 Å². The molecule has 2 aromatic rings. The van der Waals surface area contributed by atoms with Crippen molar-refractivity contribution in [3.63, 3.8) is 0 Å². The molecule has 0 heterocycles. The van der Waals surface area contributed by atoms with Crippen LogP contribution in [-0.2, 0) is 0 Å². The van der Waals surface area contributed by atoms with Crippen LogP contribution < -0.4 is 5.32 Å². The van der Waals surface area contributed by atoms with E-state index in [1.165, 1.54) is 25.2 Å². The second-order valence-electron chi connectivity index (χ2n) is 4.06. The Balaban J connectivity index is 2.51. The average Bonchev–Trinajstić information content (AvgIpc) is 2.36. The van der Waals surface area contributed by atoms with Crippen molar-refractivity contribution in [2.75, 3.05) is 7.05 Å². The Morgan fingerprint density at radius 1 is 0.895 bits per heavy atom. The fourth-order valence-electron chi connectivity index (χ4n) is 1.95. The molecule has 1 N–H and O–H groups in total. The first-order valence-electron chi connectivity index (χ1n) is 5.60. The van der Waals surface area contributed by atoms with Crippen LogP contribution in [0.4, 0.5) is 17.6 Å². The number of hydrogen-bond donors (Lipinski definition) is 1. The fourth-order valence-corrected chi connectivity index (χ4v) is 1.95. The van der Waals surface area contributed by atoms with E-state index in [4.69, 9.17) is 0 Å². The Kier molecular flexibility index (Phi) is 3.85. The molecular formula is C14H11F4N. The quantitative estimate of drug-likeness (QED) is 0.663. The van der Waals surface area contributed by atoms with Crippen molar-refractivity contribution in [3.05, 3.63) is 70.8 Å². The van der Waals surface area contributed by atoms with Gasteiger partial charge < -0.3 is 5.32 Å². The smallest absolute Gasteiger partial charge is 0.161 e. The number of rotatable bonds is 3. The maximum absolute atomic E-state index is 13.7. The highest BCUT2D eigenvalue weighted by molar-refractivity contribution is 5.33. The normalized spacial score (nSPS) is 12.5. The fraction of sp³-hybridized carbons (Fsp3) is 0.143. The number of hydrogen-bond acceptors (Lipinski definition) is 1. The van der Waals surface area contributed by atoms with Gasteiger partial charge in [0.2, 0.25) is 0 Å². The second kappa shape index (κ2) is 5.40. The van der Waals surface area contributed by atoms with E-state index in [1.807, 2.05) is 0 Å². The summed E-state index contributed by atoms with van der Waals surface area (Å²) in [7, 11) is 1.52. The molecule has 19 heavy (non-hydrogen) atoms. The molecule has 100 valence electrons. The molecule has 0 spiro atoms. The Hall–Kier alpha value is -1.88. The highest BCUT2D eigenvalue weighted by Gasteiger charge is 2.19. The predicted octanol–water partition coefficient (Wildman–Crippen LogP) is 3.55. The van der Waals surface area contributed by atoms with Crippen LogP contribution in [0, 0.1) is 23.3 Å². The molecule has 0 aromatic heterocycles. The van der Waals surface area contributed by atoms with Gasteiger partial charge in [-0.05, 0) is 30.8 Å². The van der Waals surface area contributed by atoms with Crippen molar-refractivity contribution in [1.29, 1.82) is 0 Å². The lowest BCUT2D eigenvalue weighted by atomic mass is 9.98. The van der Waals surface area contributed by atoms with E-state index >= 15 is 0 Å². The minimum atomic E-state index is -1.25. The van der Waals surface area contributed by atoms with Crippen molar-refractivity contribution >= 4 is 0 Å². The third-order valence-corrected chi connectivity index (χ3v) is 2.82. The molecule has 1 nitrogen and oxygen atoms in total. The van der Waals surface area contributed by atoms with Gasteiger partial charge in [0, 0.05) is 11.6 Å². The largest absolute Gasteiger partial charge is 0.309 e. The number of nitrogens with one attached hydrogen (secondary N) is 1. The average molecular weight is 269 g/mol. The van der Waals surface area contributed by atoms with Gasteiger partial charge in [-0.3, -0.25) is 0 Å². The van der Waals surface area contributed by atoms with E-state index in [-0.39, 0.29) is 5.56 Å². The summed E-state index contributed by atoms with van der Waals surface area (Å²) in [5.74, 6) is -3.77. The standard InChI is InChI=1S/C14H11F4N/c1-19-14(8-3-2-4-9(15)5-8)10-6-12(17)13(18)7-11(10)16/h2-7,14,19H,1H3. The van der Waals surface area contributed by atoms with Gasteiger partial charge >= 0.3 is 0 Å². The number of halogens is 4. The van der Waals surface area contributed by atoms with Crippen LogP contribution in [0.1, 0.15) is 17.2 Å². The first-order valence-corrected chi connectivity index (χ1v) is 5.60. The van der Waals surface area contributed by atoms with Gasteiger partial charge in [0.25, 0.3) is 0 Å². The van der Waals surface area contributed by atoms with Crippen LogP contribution in [0.5, 0.6) is 0 Å². The highest BCUT2D eigenvalue weighted by Crippen LogP contribution is 2.26. The SMILES string of the molecule is CNC(c1cccc(F)c1)c1cc(F)c(F)cc1F. The maximum atomic E-state index is 13.7. The van der Waals surface area contributed by atoms with E-state index < -0.39 is 29.3 Å². The molecule has 0 amide bonds. The summed E-state index contributed by atoms with van der Waals surface area (Å²) in [5, 5.41) is 2.75. The van der Waals surface area contributed by atoms with Crippen molar-refractivity contribution in [2.45, 2.75) is 6.04 Å². The third kappa shape index (κ3) is 2.76. The lowest BCUT2D eigenvalue weighted by Crippen LogP contribution is -2.19. The molecular weight excluding hydrogens is 258 g/mol. The van der Waals surface area contributed by atoms with E-state index in [9.17, 15) is 17.6 Å². The zero-order valence-corrected chi connectivity index (χ0v) is 10.1. The molecule has 0 aliphatic rings.